The Hall–Kier alpha value is -1.01. The van der Waals surface area contributed by atoms with Crippen LogP contribution < -0.4 is 10.2 Å². The zero-order valence-electron chi connectivity index (χ0n) is 12.5. The van der Waals surface area contributed by atoms with Gasteiger partial charge < -0.3 is 10.2 Å². The van der Waals surface area contributed by atoms with Gasteiger partial charge in [-0.3, -0.25) is 0 Å². The topological polar surface area (TPSA) is 28.2 Å². The standard InChI is InChI=1S/C14H21ClF3N3/c1-10(2)7-19-8-11-6-13(20-9-12(11)15)21(3)5-4-14(16,17)18/h6,9-10,19H,4-5,7-8H2,1-3H3. The summed E-state index contributed by atoms with van der Waals surface area (Å²) in [7, 11) is 1.59. The van der Waals surface area contributed by atoms with Crippen molar-refractivity contribution in [3.63, 3.8) is 0 Å². The molecule has 0 aliphatic heterocycles. The number of hydrogen-bond donors (Lipinski definition) is 1. The number of alkyl halides is 3. The molecule has 1 N–H and O–H groups in total. The Kier molecular flexibility index (Phi) is 6.74. The second kappa shape index (κ2) is 7.84. The molecule has 0 aliphatic carbocycles. The van der Waals surface area contributed by atoms with Gasteiger partial charge in [-0.25, -0.2) is 4.98 Å². The molecule has 0 unspecified atom stereocenters. The highest BCUT2D eigenvalue weighted by Gasteiger charge is 2.27. The van der Waals surface area contributed by atoms with Crippen molar-refractivity contribution < 1.29 is 13.2 Å². The molecule has 1 aromatic rings. The van der Waals surface area contributed by atoms with Gasteiger partial charge in [0.25, 0.3) is 0 Å². The summed E-state index contributed by atoms with van der Waals surface area (Å²) in [6.45, 7) is 5.48. The lowest BCUT2D eigenvalue weighted by molar-refractivity contribution is -0.132. The van der Waals surface area contributed by atoms with Crippen LogP contribution in [-0.2, 0) is 6.54 Å². The van der Waals surface area contributed by atoms with Crippen LogP contribution >= 0.6 is 11.6 Å². The van der Waals surface area contributed by atoms with Crippen LogP contribution in [0, 0.1) is 5.92 Å². The van der Waals surface area contributed by atoms with Crippen LogP contribution in [0.15, 0.2) is 12.3 Å². The molecular weight excluding hydrogens is 303 g/mol. The third-order valence-corrected chi connectivity index (χ3v) is 3.25. The van der Waals surface area contributed by atoms with E-state index in [0.717, 1.165) is 12.1 Å². The largest absolute Gasteiger partial charge is 0.390 e. The number of rotatable bonds is 7. The van der Waals surface area contributed by atoms with Crippen molar-refractivity contribution in [1.29, 1.82) is 0 Å². The summed E-state index contributed by atoms with van der Waals surface area (Å²) in [6, 6.07) is 1.73. The predicted octanol–water partition coefficient (Wildman–Crippen LogP) is 3.87. The van der Waals surface area contributed by atoms with Gasteiger partial charge in [-0.05, 0) is 24.1 Å². The highest BCUT2D eigenvalue weighted by atomic mass is 35.5. The third-order valence-electron chi connectivity index (χ3n) is 2.91. The van der Waals surface area contributed by atoms with Crippen LogP contribution in [0.4, 0.5) is 19.0 Å². The van der Waals surface area contributed by atoms with Gasteiger partial charge in [-0.2, -0.15) is 13.2 Å². The van der Waals surface area contributed by atoms with Crippen molar-refractivity contribution in [3.8, 4) is 0 Å². The molecule has 3 nitrogen and oxygen atoms in total. The van der Waals surface area contributed by atoms with Crippen molar-refractivity contribution in [2.75, 3.05) is 25.0 Å². The smallest absolute Gasteiger partial charge is 0.359 e. The average Bonchev–Trinajstić information content (AvgIpc) is 2.37. The molecular formula is C14H21ClF3N3. The van der Waals surface area contributed by atoms with Crippen LogP contribution in [0.25, 0.3) is 0 Å². The summed E-state index contributed by atoms with van der Waals surface area (Å²) in [6.07, 6.45) is -3.55. The first-order chi connectivity index (χ1) is 9.69. The zero-order chi connectivity index (χ0) is 16.0. The molecule has 0 amide bonds. The van der Waals surface area contributed by atoms with Gasteiger partial charge >= 0.3 is 6.18 Å². The van der Waals surface area contributed by atoms with Crippen molar-refractivity contribution in [2.45, 2.75) is 33.0 Å². The van der Waals surface area contributed by atoms with E-state index in [4.69, 9.17) is 11.6 Å². The van der Waals surface area contributed by atoms with E-state index >= 15 is 0 Å². The fourth-order valence-corrected chi connectivity index (χ4v) is 1.89. The molecule has 21 heavy (non-hydrogen) atoms. The highest BCUT2D eigenvalue weighted by molar-refractivity contribution is 6.31. The van der Waals surface area contributed by atoms with Crippen LogP contribution in [-0.4, -0.2) is 31.3 Å². The van der Waals surface area contributed by atoms with Crippen molar-refractivity contribution in [1.82, 2.24) is 10.3 Å². The van der Waals surface area contributed by atoms with Crippen molar-refractivity contribution in [3.05, 3.63) is 22.8 Å². The molecule has 1 heterocycles. The van der Waals surface area contributed by atoms with E-state index in [9.17, 15) is 13.2 Å². The normalized spacial score (nSPS) is 12.0. The molecule has 1 rings (SSSR count). The molecule has 0 saturated carbocycles. The van der Waals surface area contributed by atoms with Crippen LogP contribution in [0.3, 0.4) is 0 Å². The van der Waals surface area contributed by atoms with E-state index in [0.29, 0.717) is 23.3 Å². The number of halogens is 4. The summed E-state index contributed by atoms with van der Waals surface area (Å²) < 4.78 is 36.7. The maximum Gasteiger partial charge on any atom is 0.390 e. The summed E-state index contributed by atoms with van der Waals surface area (Å²) in [5.74, 6) is 1.00. The molecule has 0 aromatic carbocycles. The Morgan fingerprint density at radius 3 is 2.62 bits per heavy atom. The monoisotopic (exact) mass is 323 g/mol. The highest BCUT2D eigenvalue weighted by Crippen LogP contribution is 2.23. The average molecular weight is 324 g/mol. The van der Waals surface area contributed by atoms with E-state index in [1.807, 2.05) is 0 Å². The number of aromatic nitrogens is 1. The van der Waals surface area contributed by atoms with Gasteiger partial charge in [0.15, 0.2) is 0 Å². The summed E-state index contributed by atoms with van der Waals surface area (Å²) in [5.41, 5.74) is 0.834. The first kappa shape index (κ1) is 18.0. The Morgan fingerprint density at radius 1 is 1.38 bits per heavy atom. The maximum atomic E-state index is 12.2. The second-order valence-corrected chi connectivity index (χ2v) is 5.85. The maximum absolute atomic E-state index is 12.2. The van der Waals surface area contributed by atoms with Crippen molar-refractivity contribution >= 4 is 17.4 Å². The first-order valence-corrected chi connectivity index (χ1v) is 7.20. The fraction of sp³-hybridized carbons (Fsp3) is 0.643. The van der Waals surface area contributed by atoms with E-state index in [-0.39, 0.29) is 6.54 Å². The van der Waals surface area contributed by atoms with Crippen LogP contribution in [0.1, 0.15) is 25.8 Å². The second-order valence-electron chi connectivity index (χ2n) is 5.45. The molecule has 120 valence electrons. The molecule has 0 fully saturated rings. The molecule has 0 saturated heterocycles. The molecule has 0 atom stereocenters. The predicted molar refractivity (Wildman–Crippen MR) is 79.7 cm³/mol. The summed E-state index contributed by atoms with van der Waals surface area (Å²) in [5, 5.41) is 3.77. The lowest BCUT2D eigenvalue weighted by atomic mass is 10.2. The Morgan fingerprint density at radius 2 is 2.05 bits per heavy atom. The van der Waals surface area contributed by atoms with Crippen molar-refractivity contribution in [2.24, 2.45) is 5.92 Å². The zero-order valence-corrected chi connectivity index (χ0v) is 13.2. The van der Waals surface area contributed by atoms with Gasteiger partial charge in [0, 0.05) is 26.3 Å². The van der Waals surface area contributed by atoms with E-state index in [2.05, 4.69) is 24.1 Å². The fourth-order valence-electron chi connectivity index (χ4n) is 1.72. The number of pyridine rings is 1. The van der Waals surface area contributed by atoms with Gasteiger partial charge in [-0.15, -0.1) is 0 Å². The molecule has 0 spiro atoms. The number of nitrogens with one attached hydrogen (secondary N) is 1. The summed E-state index contributed by atoms with van der Waals surface area (Å²) in [4.78, 5) is 5.56. The SMILES string of the molecule is CC(C)CNCc1cc(N(C)CCC(F)(F)F)ncc1Cl. The lowest BCUT2D eigenvalue weighted by Gasteiger charge is -2.20. The minimum Gasteiger partial charge on any atom is -0.359 e. The first-order valence-electron chi connectivity index (χ1n) is 6.82. The van der Waals surface area contributed by atoms with Gasteiger partial charge in [0.2, 0.25) is 0 Å². The minimum absolute atomic E-state index is 0.128. The Balaban J connectivity index is 2.67. The third kappa shape index (κ3) is 7.00. The molecule has 0 bridgehead atoms. The van der Waals surface area contributed by atoms with Crippen LogP contribution in [0.2, 0.25) is 5.02 Å². The molecule has 7 heteroatoms. The summed E-state index contributed by atoms with van der Waals surface area (Å²) >= 11 is 6.06. The minimum atomic E-state index is -4.16. The van der Waals surface area contributed by atoms with E-state index in [1.54, 1.807) is 13.1 Å². The molecule has 1 aromatic heterocycles. The molecule has 0 radical (unpaired) electrons. The van der Waals surface area contributed by atoms with Gasteiger partial charge in [0.05, 0.1) is 11.4 Å². The van der Waals surface area contributed by atoms with Crippen LogP contribution in [0.5, 0.6) is 0 Å². The van der Waals surface area contributed by atoms with Gasteiger partial charge in [-0.1, -0.05) is 25.4 Å². The number of anilines is 1. The van der Waals surface area contributed by atoms with E-state index < -0.39 is 12.6 Å². The Bertz CT molecular complexity index is 450. The Labute approximate surface area is 128 Å². The van der Waals surface area contributed by atoms with E-state index in [1.165, 1.54) is 11.1 Å². The van der Waals surface area contributed by atoms with Gasteiger partial charge in [0.1, 0.15) is 5.82 Å². The quantitative estimate of drug-likeness (QED) is 0.825. The molecule has 0 aliphatic rings. The number of nitrogens with zero attached hydrogens (tertiary/aromatic N) is 2. The lowest BCUT2D eigenvalue weighted by Crippen LogP contribution is -2.25. The number of hydrogen-bond acceptors (Lipinski definition) is 3.